The summed E-state index contributed by atoms with van der Waals surface area (Å²) in [7, 11) is 0. The zero-order valence-electron chi connectivity index (χ0n) is 13.7. The maximum absolute atomic E-state index is 3.81. The van der Waals surface area contributed by atoms with Crippen LogP contribution in [0.2, 0.25) is 0 Å². The van der Waals surface area contributed by atoms with Crippen LogP contribution in [0.3, 0.4) is 0 Å². The molecule has 1 N–H and O–H groups in total. The van der Waals surface area contributed by atoms with Crippen LogP contribution < -0.4 is 5.32 Å². The predicted molar refractivity (Wildman–Crippen MR) is 87.2 cm³/mol. The van der Waals surface area contributed by atoms with Gasteiger partial charge in [-0.3, -0.25) is 0 Å². The van der Waals surface area contributed by atoms with Crippen LogP contribution in [0.25, 0.3) is 0 Å². The predicted octanol–water partition coefficient (Wildman–Crippen LogP) is 2.57. The van der Waals surface area contributed by atoms with Gasteiger partial charge in [-0.1, -0.05) is 13.8 Å². The van der Waals surface area contributed by atoms with Crippen molar-refractivity contribution in [2.75, 3.05) is 45.8 Å². The first kappa shape index (κ1) is 16.3. The van der Waals surface area contributed by atoms with Crippen molar-refractivity contribution in [1.82, 2.24) is 15.1 Å². The molecule has 0 radical (unpaired) electrons. The van der Waals surface area contributed by atoms with Gasteiger partial charge in [0.05, 0.1) is 0 Å². The van der Waals surface area contributed by atoms with Gasteiger partial charge >= 0.3 is 0 Å². The van der Waals surface area contributed by atoms with E-state index in [-0.39, 0.29) is 0 Å². The number of hydrogen-bond donors (Lipinski definition) is 1. The van der Waals surface area contributed by atoms with E-state index < -0.39 is 0 Å². The van der Waals surface area contributed by atoms with Crippen molar-refractivity contribution in [2.24, 2.45) is 5.92 Å². The molecule has 0 aromatic rings. The van der Waals surface area contributed by atoms with Gasteiger partial charge in [0.1, 0.15) is 0 Å². The summed E-state index contributed by atoms with van der Waals surface area (Å²) in [4.78, 5) is 5.29. The summed E-state index contributed by atoms with van der Waals surface area (Å²) >= 11 is 0. The molecule has 2 aliphatic heterocycles. The fraction of sp³-hybridized carbons (Fsp3) is 1.00. The molecule has 0 aromatic carbocycles. The number of nitrogens with zero attached hydrogens (tertiary/aromatic N) is 2. The molecular formula is C17H35N3. The van der Waals surface area contributed by atoms with E-state index in [1.54, 1.807) is 0 Å². The minimum absolute atomic E-state index is 0.764. The third-order valence-corrected chi connectivity index (χ3v) is 5.10. The summed E-state index contributed by atoms with van der Waals surface area (Å²) in [5.41, 5.74) is 0. The van der Waals surface area contributed by atoms with E-state index in [0.717, 1.165) is 12.0 Å². The first-order chi connectivity index (χ1) is 9.78. The Morgan fingerprint density at radius 2 is 1.60 bits per heavy atom. The molecule has 1 atom stereocenters. The standard InChI is InChI=1S/C17H35N3/c1-3-10-19-11-4-5-17(8-14-19)18-9-15-20-12-6-16(2)7-13-20/h16-18H,3-15H2,1-2H3. The van der Waals surface area contributed by atoms with Gasteiger partial charge < -0.3 is 15.1 Å². The van der Waals surface area contributed by atoms with Gasteiger partial charge in [-0.15, -0.1) is 0 Å². The quantitative estimate of drug-likeness (QED) is 0.807. The average Bonchev–Trinajstić information content (AvgIpc) is 2.67. The zero-order chi connectivity index (χ0) is 14.2. The van der Waals surface area contributed by atoms with Crippen molar-refractivity contribution in [3.63, 3.8) is 0 Å². The van der Waals surface area contributed by atoms with Crippen LogP contribution in [0.4, 0.5) is 0 Å². The molecule has 1 unspecified atom stereocenters. The zero-order valence-corrected chi connectivity index (χ0v) is 13.7. The Kier molecular flexibility index (Phi) is 7.32. The molecule has 0 aromatic heterocycles. The van der Waals surface area contributed by atoms with E-state index in [9.17, 15) is 0 Å². The maximum atomic E-state index is 3.81. The Labute approximate surface area is 126 Å². The summed E-state index contributed by atoms with van der Waals surface area (Å²) in [6.45, 7) is 13.7. The van der Waals surface area contributed by atoms with E-state index in [1.165, 1.54) is 84.3 Å². The van der Waals surface area contributed by atoms with E-state index >= 15 is 0 Å². The molecular weight excluding hydrogens is 246 g/mol. The highest BCUT2D eigenvalue weighted by molar-refractivity contribution is 4.76. The number of hydrogen-bond acceptors (Lipinski definition) is 3. The van der Waals surface area contributed by atoms with Crippen LogP contribution in [0.15, 0.2) is 0 Å². The van der Waals surface area contributed by atoms with E-state index in [0.29, 0.717) is 0 Å². The molecule has 2 fully saturated rings. The third kappa shape index (κ3) is 5.71. The highest BCUT2D eigenvalue weighted by Gasteiger charge is 2.17. The molecule has 2 heterocycles. The van der Waals surface area contributed by atoms with Gasteiger partial charge in [0.2, 0.25) is 0 Å². The Bertz CT molecular complexity index is 249. The summed E-state index contributed by atoms with van der Waals surface area (Å²) in [6.07, 6.45) is 8.18. The van der Waals surface area contributed by atoms with Crippen molar-refractivity contribution in [3.8, 4) is 0 Å². The first-order valence-corrected chi connectivity index (χ1v) is 8.96. The van der Waals surface area contributed by atoms with Crippen LogP contribution in [0.5, 0.6) is 0 Å². The van der Waals surface area contributed by atoms with Crippen molar-refractivity contribution in [3.05, 3.63) is 0 Å². The molecule has 2 saturated heterocycles. The van der Waals surface area contributed by atoms with Crippen LogP contribution in [0.1, 0.15) is 52.4 Å². The van der Waals surface area contributed by atoms with Crippen molar-refractivity contribution < 1.29 is 0 Å². The molecule has 0 aliphatic carbocycles. The molecule has 118 valence electrons. The second kappa shape index (κ2) is 9.01. The summed E-state index contributed by atoms with van der Waals surface area (Å²) < 4.78 is 0. The Morgan fingerprint density at radius 3 is 2.35 bits per heavy atom. The lowest BCUT2D eigenvalue weighted by molar-refractivity contribution is 0.190. The Balaban J connectivity index is 1.57. The molecule has 3 heteroatoms. The lowest BCUT2D eigenvalue weighted by atomic mass is 9.99. The second-order valence-corrected chi connectivity index (χ2v) is 6.95. The van der Waals surface area contributed by atoms with Crippen LogP contribution >= 0.6 is 0 Å². The largest absolute Gasteiger partial charge is 0.313 e. The smallest absolute Gasteiger partial charge is 0.0107 e. The fourth-order valence-corrected chi connectivity index (χ4v) is 3.61. The molecule has 0 saturated carbocycles. The minimum atomic E-state index is 0.764. The summed E-state index contributed by atoms with van der Waals surface area (Å²) in [5, 5.41) is 3.81. The molecule has 0 amide bonds. The topological polar surface area (TPSA) is 18.5 Å². The van der Waals surface area contributed by atoms with Crippen molar-refractivity contribution in [1.29, 1.82) is 0 Å². The number of nitrogens with one attached hydrogen (secondary N) is 1. The van der Waals surface area contributed by atoms with E-state index in [4.69, 9.17) is 0 Å². The van der Waals surface area contributed by atoms with Crippen LogP contribution in [-0.4, -0.2) is 61.7 Å². The van der Waals surface area contributed by atoms with Gasteiger partial charge in [0.25, 0.3) is 0 Å². The van der Waals surface area contributed by atoms with Gasteiger partial charge in [-0.25, -0.2) is 0 Å². The summed E-state index contributed by atoms with van der Waals surface area (Å²) in [6, 6.07) is 0.764. The van der Waals surface area contributed by atoms with Gasteiger partial charge in [-0.2, -0.15) is 0 Å². The lowest BCUT2D eigenvalue weighted by Crippen LogP contribution is -2.40. The first-order valence-electron chi connectivity index (χ1n) is 8.96. The normalized spacial score (nSPS) is 27.6. The van der Waals surface area contributed by atoms with Crippen LogP contribution in [-0.2, 0) is 0 Å². The fourth-order valence-electron chi connectivity index (χ4n) is 3.61. The maximum Gasteiger partial charge on any atom is 0.0107 e. The summed E-state index contributed by atoms with van der Waals surface area (Å²) in [5.74, 6) is 0.950. The Hall–Kier alpha value is -0.120. The third-order valence-electron chi connectivity index (χ3n) is 5.10. The van der Waals surface area contributed by atoms with E-state index in [1.807, 2.05) is 0 Å². The molecule has 0 spiro atoms. The number of piperidine rings is 1. The van der Waals surface area contributed by atoms with E-state index in [2.05, 4.69) is 29.0 Å². The monoisotopic (exact) mass is 281 g/mol. The molecule has 2 rings (SSSR count). The number of likely N-dealkylation sites (tertiary alicyclic amines) is 2. The van der Waals surface area contributed by atoms with Crippen LogP contribution in [0, 0.1) is 5.92 Å². The second-order valence-electron chi connectivity index (χ2n) is 6.95. The molecule has 20 heavy (non-hydrogen) atoms. The highest BCUT2D eigenvalue weighted by atomic mass is 15.2. The van der Waals surface area contributed by atoms with Crippen molar-refractivity contribution in [2.45, 2.75) is 58.4 Å². The SMILES string of the molecule is CCCN1CCCC(NCCN2CCC(C)CC2)CC1. The van der Waals surface area contributed by atoms with Gasteiger partial charge in [0, 0.05) is 19.1 Å². The van der Waals surface area contributed by atoms with Gasteiger partial charge in [-0.05, 0) is 77.2 Å². The van der Waals surface area contributed by atoms with Gasteiger partial charge in [0.15, 0.2) is 0 Å². The molecule has 2 aliphatic rings. The lowest BCUT2D eigenvalue weighted by Gasteiger charge is -2.30. The number of rotatable bonds is 6. The molecule has 3 nitrogen and oxygen atoms in total. The highest BCUT2D eigenvalue weighted by Crippen LogP contribution is 2.15. The van der Waals surface area contributed by atoms with Crippen molar-refractivity contribution >= 4 is 0 Å². The average molecular weight is 281 g/mol. The Morgan fingerprint density at radius 1 is 0.900 bits per heavy atom. The minimum Gasteiger partial charge on any atom is -0.313 e. The molecule has 0 bridgehead atoms.